The standard InChI is InChI=1S/C22H27N7O2/c1-27-13-16(12-24-27)19-6-8-23-22(26-19)29-11-7-17(14-29)25-21(30)20-5-4-18(31-20)15-28-9-2-3-10-28/h4-6,8,12-13,17H,2-3,7,9-11,14-15H2,1H3,(H,25,30). The van der Waals surface area contributed by atoms with Crippen LogP contribution in [-0.4, -0.2) is 62.8 Å². The highest BCUT2D eigenvalue weighted by Crippen LogP contribution is 2.21. The predicted molar refractivity (Wildman–Crippen MR) is 116 cm³/mol. The van der Waals surface area contributed by atoms with E-state index in [-0.39, 0.29) is 11.9 Å². The number of likely N-dealkylation sites (tertiary alicyclic amines) is 1. The second kappa shape index (κ2) is 8.50. The molecule has 3 aromatic heterocycles. The van der Waals surface area contributed by atoms with Crippen molar-refractivity contribution in [2.45, 2.75) is 31.8 Å². The third-order valence-electron chi connectivity index (χ3n) is 5.91. The van der Waals surface area contributed by atoms with E-state index < -0.39 is 0 Å². The van der Waals surface area contributed by atoms with Gasteiger partial charge in [0.15, 0.2) is 5.76 Å². The normalized spacial score (nSPS) is 19.3. The van der Waals surface area contributed by atoms with Crippen LogP contribution in [0.2, 0.25) is 0 Å². The van der Waals surface area contributed by atoms with E-state index in [0.29, 0.717) is 18.3 Å². The highest BCUT2D eigenvalue weighted by atomic mass is 16.4. The van der Waals surface area contributed by atoms with Gasteiger partial charge in [-0.15, -0.1) is 0 Å². The monoisotopic (exact) mass is 421 g/mol. The summed E-state index contributed by atoms with van der Waals surface area (Å²) >= 11 is 0. The summed E-state index contributed by atoms with van der Waals surface area (Å²) in [5, 5.41) is 7.30. The van der Waals surface area contributed by atoms with Gasteiger partial charge in [-0.05, 0) is 50.6 Å². The number of carbonyl (C=O) groups is 1. The van der Waals surface area contributed by atoms with E-state index >= 15 is 0 Å². The van der Waals surface area contributed by atoms with E-state index in [1.807, 2.05) is 25.4 Å². The molecule has 1 N–H and O–H groups in total. The lowest BCUT2D eigenvalue weighted by Crippen LogP contribution is -2.37. The maximum atomic E-state index is 12.7. The average molecular weight is 422 g/mol. The maximum Gasteiger partial charge on any atom is 0.287 e. The average Bonchev–Trinajstić information content (AvgIpc) is 3.57. The van der Waals surface area contributed by atoms with Gasteiger partial charge in [-0.2, -0.15) is 5.10 Å². The van der Waals surface area contributed by atoms with Gasteiger partial charge in [-0.3, -0.25) is 14.4 Å². The van der Waals surface area contributed by atoms with Gasteiger partial charge in [0.05, 0.1) is 18.4 Å². The summed E-state index contributed by atoms with van der Waals surface area (Å²) in [6.07, 6.45) is 8.80. The van der Waals surface area contributed by atoms with Crippen LogP contribution in [-0.2, 0) is 13.6 Å². The second-order valence-corrected chi connectivity index (χ2v) is 8.30. The molecule has 2 aliphatic heterocycles. The molecule has 1 unspecified atom stereocenters. The van der Waals surface area contributed by atoms with Crippen LogP contribution in [0, 0.1) is 0 Å². The number of amides is 1. The zero-order valence-corrected chi connectivity index (χ0v) is 17.7. The summed E-state index contributed by atoms with van der Waals surface area (Å²) in [4.78, 5) is 26.2. The minimum atomic E-state index is -0.162. The summed E-state index contributed by atoms with van der Waals surface area (Å²) in [5.41, 5.74) is 1.80. The Morgan fingerprint density at radius 2 is 2.10 bits per heavy atom. The van der Waals surface area contributed by atoms with Gasteiger partial charge in [0.2, 0.25) is 5.95 Å². The molecule has 2 aliphatic rings. The number of aromatic nitrogens is 4. The van der Waals surface area contributed by atoms with Crippen LogP contribution in [0.1, 0.15) is 35.6 Å². The molecule has 0 aliphatic carbocycles. The van der Waals surface area contributed by atoms with Gasteiger partial charge in [0.1, 0.15) is 5.76 Å². The Labute approximate surface area is 181 Å². The number of carbonyl (C=O) groups excluding carboxylic acids is 1. The third kappa shape index (κ3) is 4.46. The van der Waals surface area contributed by atoms with Gasteiger partial charge >= 0.3 is 0 Å². The lowest BCUT2D eigenvalue weighted by molar-refractivity contribution is 0.0909. The fraction of sp³-hybridized carbons (Fsp3) is 0.455. The van der Waals surface area contributed by atoms with E-state index in [0.717, 1.165) is 49.6 Å². The molecule has 1 amide bonds. The molecule has 31 heavy (non-hydrogen) atoms. The topological polar surface area (TPSA) is 92.3 Å². The maximum absolute atomic E-state index is 12.7. The second-order valence-electron chi connectivity index (χ2n) is 8.30. The van der Waals surface area contributed by atoms with Crippen molar-refractivity contribution >= 4 is 11.9 Å². The molecule has 1 atom stereocenters. The number of rotatable bonds is 6. The van der Waals surface area contributed by atoms with Crippen LogP contribution in [0.15, 0.2) is 41.2 Å². The smallest absolute Gasteiger partial charge is 0.287 e. The van der Waals surface area contributed by atoms with E-state index in [4.69, 9.17) is 4.42 Å². The SMILES string of the molecule is Cn1cc(-c2ccnc(N3CCC(NC(=O)c4ccc(CN5CCCC5)o4)C3)n2)cn1. The molecule has 0 aromatic carbocycles. The summed E-state index contributed by atoms with van der Waals surface area (Å²) in [6, 6.07) is 5.59. The molecule has 162 valence electrons. The van der Waals surface area contributed by atoms with Crippen LogP contribution in [0.3, 0.4) is 0 Å². The molecule has 9 nitrogen and oxygen atoms in total. The molecule has 2 fully saturated rings. The number of nitrogens with one attached hydrogen (secondary N) is 1. The number of anilines is 1. The van der Waals surface area contributed by atoms with E-state index in [9.17, 15) is 4.79 Å². The Morgan fingerprint density at radius 1 is 1.23 bits per heavy atom. The van der Waals surface area contributed by atoms with Crippen molar-refractivity contribution in [3.8, 4) is 11.3 Å². The number of hydrogen-bond donors (Lipinski definition) is 1. The van der Waals surface area contributed by atoms with Crippen LogP contribution in [0.5, 0.6) is 0 Å². The minimum absolute atomic E-state index is 0.0327. The van der Waals surface area contributed by atoms with Gasteiger partial charge in [0, 0.05) is 44.1 Å². The van der Waals surface area contributed by atoms with Crippen molar-refractivity contribution in [1.29, 1.82) is 0 Å². The first kappa shape index (κ1) is 19.7. The molecule has 3 aromatic rings. The Balaban J connectivity index is 1.18. The van der Waals surface area contributed by atoms with Crippen molar-refractivity contribution in [2.24, 2.45) is 7.05 Å². The van der Waals surface area contributed by atoms with Crippen molar-refractivity contribution in [2.75, 3.05) is 31.1 Å². The molecular formula is C22H27N7O2. The molecule has 0 saturated carbocycles. The lowest BCUT2D eigenvalue weighted by Gasteiger charge is -2.17. The van der Waals surface area contributed by atoms with Crippen molar-refractivity contribution in [3.05, 3.63) is 48.3 Å². The van der Waals surface area contributed by atoms with E-state index in [1.165, 1.54) is 12.8 Å². The lowest BCUT2D eigenvalue weighted by atomic mass is 10.2. The first-order chi connectivity index (χ1) is 15.1. The summed E-state index contributed by atoms with van der Waals surface area (Å²) in [5.74, 6) is 1.73. The minimum Gasteiger partial charge on any atom is -0.455 e. The summed E-state index contributed by atoms with van der Waals surface area (Å²) in [7, 11) is 1.88. The number of furan rings is 1. The van der Waals surface area contributed by atoms with Gasteiger partial charge < -0.3 is 14.6 Å². The molecule has 9 heteroatoms. The largest absolute Gasteiger partial charge is 0.455 e. The van der Waals surface area contributed by atoms with Crippen LogP contribution < -0.4 is 10.2 Å². The van der Waals surface area contributed by atoms with E-state index in [2.05, 4.69) is 30.2 Å². The van der Waals surface area contributed by atoms with Gasteiger partial charge in [-0.1, -0.05) is 0 Å². The van der Waals surface area contributed by atoms with Crippen LogP contribution in [0.4, 0.5) is 5.95 Å². The van der Waals surface area contributed by atoms with Gasteiger partial charge in [0.25, 0.3) is 5.91 Å². The van der Waals surface area contributed by atoms with Gasteiger partial charge in [-0.25, -0.2) is 9.97 Å². The zero-order valence-electron chi connectivity index (χ0n) is 17.7. The first-order valence-electron chi connectivity index (χ1n) is 10.8. The molecule has 0 bridgehead atoms. The van der Waals surface area contributed by atoms with Crippen LogP contribution in [0.25, 0.3) is 11.3 Å². The molecular weight excluding hydrogens is 394 g/mol. The molecule has 2 saturated heterocycles. The van der Waals surface area contributed by atoms with Crippen molar-refractivity contribution in [3.63, 3.8) is 0 Å². The summed E-state index contributed by atoms with van der Waals surface area (Å²) < 4.78 is 7.55. The highest BCUT2D eigenvalue weighted by molar-refractivity contribution is 5.91. The highest BCUT2D eigenvalue weighted by Gasteiger charge is 2.27. The Bertz CT molecular complexity index is 1050. The Hall–Kier alpha value is -3.20. The first-order valence-corrected chi connectivity index (χ1v) is 10.8. The molecule has 5 rings (SSSR count). The molecule has 0 radical (unpaired) electrons. The number of nitrogens with zero attached hydrogens (tertiary/aromatic N) is 6. The quantitative estimate of drug-likeness (QED) is 0.651. The number of aryl methyl sites for hydroxylation is 1. The Morgan fingerprint density at radius 3 is 2.90 bits per heavy atom. The summed E-state index contributed by atoms with van der Waals surface area (Å²) in [6.45, 7) is 4.44. The zero-order chi connectivity index (χ0) is 21.2. The van der Waals surface area contributed by atoms with Crippen molar-refractivity contribution < 1.29 is 9.21 Å². The molecule has 5 heterocycles. The predicted octanol–water partition coefficient (Wildman–Crippen LogP) is 2.07. The van der Waals surface area contributed by atoms with E-state index in [1.54, 1.807) is 23.1 Å². The number of hydrogen-bond acceptors (Lipinski definition) is 7. The fourth-order valence-electron chi connectivity index (χ4n) is 4.28. The Kier molecular flexibility index (Phi) is 5.42. The van der Waals surface area contributed by atoms with Crippen LogP contribution >= 0.6 is 0 Å². The molecule has 0 spiro atoms. The third-order valence-corrected chi connectivity index (χ3v) is 5.91. The van der Waals surface area contributed by atoms with Crippen molar-refractivity contribution in [1.82, 2.24) is 30.0 Å². The fourth-order valence-corrected chi connectivity index (χ4v) is 4.28.